The van der Waals surface area contributed by atoms with Crippen LogP contribution in [0.5, 0.6) is 5.75 Å². The van der Waals surface area contributed by atoms with Crippen molar-refractivity contribution in [1.82, 2.24) is 14.4 Å². The number of ether oxygens (including phenoxy) is 1. The molecule has 1 fully saturated rings. The van der Waals surface area contributed by atoms with Crippen molar-refractivity contribution in [1.29, 1.82) is 0 Å². The minimum atomic E-state index is -1.04. The molecule has 0 radical (unpaired) electrons. The highest BCUT2D eigenvalue weighted by Crippen LogP contribution is 2.34. The Bertz CT molecular complexity index is 1560. The SMILES string of the molecule is COc1ccc(-c2cc(C(=O)N3CCN(C(=O)Nc4ccc(F)c(F)c4)CC3)c(C)n2-c2ccccc2Cl)cc1. The molecule has 1 N–H and O–H groups in total. The summed E-state index contributed by atoms with van der Waals surface area (Å²) in [6.07, 6.45) is 0. The van der Waals surface area contributed by atoms with E-state index in [1.54, 1.807) is 18.1 Å². The smallest absolute Gasteiger partial charge is 0.321 e. The van der Waals surface area contributed by atoms with E-state index >= 15 is 0 Å². The van der Waals surface area contributed by atoms with Crippen molar-refractivity contribution in [3.8, 4) is 22.7 Å². The first kappa shape index (κ1) is 27.2. The second-order valence-corrected chi connectivity index (χ2v) is 9.79. The van der Waals surface area contributed by atoms with E-state index in [0.29, 0.717) is 23.7 Å². The first-order chi connectivity index (χ1) is 19.3. The van der Waals surface area contributed by atoms with Crippen molar-refractivity contribution in [3.63, 3.8) is 0 Å². The maximum atomic E-state index is 13.7. The highest BCUT2D eigenvalue weighted by molar-refractivity contribution is 6.32. The van der Waals surface area contributed by atoms with E-state index in [0.717, 1.165) is 40.5 Å². The van der Waals surface area contributed by atoms with Crippen LogP contribution in [0.2, 0.25) is 5.02 Å². The number of amides is 3. The number of para-hydroxylation sites is 1. The first-order valence-electron chi connectivity index (χ1n) is 12.7. The summed E-state index contributed by atoms with van der Waals surface area (Å²) >= 11 is 6.58. The molecule has 1 saturated heterocycles. The van der Waals surface area contributed by atoms with Gasteiger partial charge in [-0.3, -0.25) is 4.79 Å². The van der Waals surface area contributed by atoms with Gasteiger partial charge in [0.25, 0.3) is 5.91 Å². The molecule has 7 nitrogen and oxygen atoms in total. The van der Waals surface area contributed by atoms with Gasteiger partial charge in [0.05, 0.1) is 29.1 Å². The molecule has 4 aromatic rings. The predicted octanol–water partition coefficient (Wildman–Crippen LogP) is 6.38. The van der Waals surface area contributed by atoms with Gasteiger partial charge in [-0.2, -0.15) is 0 Å². The molecule has 1 aromatic heterocycles. The zero-order chi connectivity index (χ0) is 28.4. The summed E-state index contributed by atoms with van der Waals surface area (Å²) < 4.78 is 34.0. The van der Waals surface area contributed by atoms with Crippen molar-refractivity contribution < 1.29 is 23.1 Å². The highest BCUT2D eigenvalue weighted by atomic mass is 35.5. The summed E-state index contributed by atoms with van der Waals surface area (Å²) in [5.74, 6) is -1.46. The van der Waals surface area contributed by atoms with Crippen LogP contribution in [0.1, 0.15) is 16.1 Å². The number of benzene rings is 3. The maximum absolute atomic E-state index is 13.7. The largest absolute Gasteiger partial charge is 0.497 e. The van der Waals surface area contributed by atoms with E-state index in [-0.39, 0.29) is 24.7 Å². The van der Waals surface area contributed by atoms with Gasteiger partial charge in [0, 0.05) is 43.6 Å². The Hall–Kier alpha value is -4.37. The van der Waals surface area contributed by atoms with Crippen LogP contribution in [-0.2, 0) is 0 Å². The van der Waals surface area contributed by atoms with Crippen LogP contribution >= 0.6 is 11.6 Å². The number of carbonyl (C=O) groups excluding carboxylic acids is 2. The molecular formula is C30H27ClF2N4O3. The third-order valence-electron chi connectivity index (χ3n) is 6.98. The van der Waals surface area contributed by atoms with Gasteiger partial charge in [-0.25, -0.2) is 13.6 Å². The van der Waals surface area contributed by atoms with Gasteiger partial charge in [0.1, 0.15) is 5.75 Å². The van der Waals surface area contributed by atoms with Crippen LogP contribution in [0.4, 0.5) is 19.3 Å². The Labute approximate surface area is 235 Å². The quantitative estimate of drug-likeness (QED) is 0.306. The predicted molar refractivity (Wildman–Crippen MR) is 150 cm³/mol. The van der Waals surface area contributed by atoms with Gasteiger partial charge in [0.2, 0.25) is 0 Å². The average molecular weight is 565 g/mol. The molecule has 0 aliphatic carbocycles. The molecule has 206 valence electrons. The molecule has 0 atom stereocenters. The molecule has 1 aliphatic rings. The summed E-state index contributed by atoms with van der Waals surface area (Å²) in [6.45, 7) is 3.10. The summed E-state index contributed by atoms with van der Waals surface area (Å²) in [5, 5.41) is 3.13. The number of rotatable bonds is 5. The molecule has 3 amide bonds. The van der Waals surface area contributed by atoms with Crippen molar-refractivity contribution in [2.45, 2.75) is 6.92 Å². The molecule has 2 heterocycles. The number of anilines is 1. The van der Waals surface area contributed by atoms with E-state index < -0.39 is 17.7 Å². The number of nitrogens with zero attached hydrogens (tertiary/aromatic N) is 3. The summed E-state index contributed by atoms with van der Waals surface area (Å²) in [7, 11) is 1.61. The molecule has 3 aromatic carbocycles. The summed E-state index contributed by atoms with van der Waals surface area (Å²) in [4.78, 5) is 29.7. The minimum Gasteiger partial charge on any atom is -0.497 e. The number of hydrogen-bond donors (Lipinski definition) is 1. The molecular weight excluding hydrogens is 538 g/mol. The minimum absolute atomic E-state index is 0.154. The van der Waals surface area contributed by atoms with Gasteiger partial charge in [-0.15, -0.1) is 0 Å². The van der Waals surface area contributed by atoms with Crippen molar-refractivity contribution in [3.05, 3.63) is 101 Å². The van der Waals surface area contributed by atoms with Crippen molar-refractivity contribution in [2.75, 3.05) is 38.6 Å². The average Bonchev–Trinajstić information content (AvgIpc) is 3.31. The van der Waals surface area contributed by atoms with Gasteiger partial charge in [-0.05, 0) is 67.1 Å². The first-order valence-corrected chi connectivity index (χ1v) is 13.1. The van der Waals surface area contributed by atoms with Crippen LogP contribution in [0, 0.1) is 18.6 Å². The lowest BCUT2D eigenvalue weighted by Gasteiger charge is -2.34. The van der Waals surface area contributed by atoms with E-state index in [4.69, 9.17) is 16.3 Å². The normalized spacial score (nSPS) is 13.3. The lowest BCUT2D eigenvalue weighted by Crippen LogP contribution is -2.51. The molecule has 0 saturated carbocycles. The second-order valence-electron chi connectivity index (χ2n) is 9.38. The lowest BCUT2D eigenvalue weighted by atomic mass is 10.1. The Morgan fingerprint density at radius 1 is 0.875 bits per heavy atom. The molecule has 0 bridgehead atoms. The van der Waals surface area contributed by atoms with E-state index in [9.17, 15) is 18.4 Å². The van der Waals surface area contributed by atoms with Crippen LogP contribution in [-0.4, -0.2) is 59.6 Å². The number of carbonyl (C=O) groups is 2. The van der Waals surface area contributed by atoms with Gasteiger partial charge in [-0.1, -0.05) is 23.7 Å². The number of aromatic nitrogens is 1. The molecule has 5 rings (SSSR count). The number of nitrogens with one attached hydrogen (secondary N) is 1. The van der Waals surface area contributed by atoms with E-state index in [1.165, 1.54) is 11.0 Å². The third-order valence-corrected chi connectivity index (χ3v) is 7.30. The number of halogens is 3. The van der Waals surface area contributed by atoms with Gasteiger partial charge in [0.15, 0.2) is 11.6 Å². The standard InChI is InChI=1S/C30H27ClF2N4O3/c1-19-23(18-28(20-7-10-22(40-2)11-8-20)37(19)27-6-4-3-5-24(27)31)29(38)35-13-15-36(16-14-35)30(39)34-21-9-12-25(32)26(33)17-21/h3-12,17-18H,13-16H2,1-2H3,(H,34,39). The molecule has 40 heavy (non-hydrogen) atoms. The molecule has 1 aliphatic heterocycles. The summed E-state index contributed by atoms with van der Waals surface area (Å²) in [6, 6.07) is 19.6. The van der Waals surface area contributed by atoms with Crippen LogP contribution in [0.3, 0.4) is 0 Å². The molecule has 10 heteroatoms. The molecule has 0 unspecified atom stereocenters. The van der Waals surface area contributed by atoms with Crippen molar-refractivity contribution in [2.24, 2.45) is 0 Å². The van der Waals surface area contributed by atoms with E-state index in [1.807, 2.05) is 60.0 Å². The zero-order valence-corrected chi connectivity index (χ0v) is 22.7. The fourth-order valence-corrected chi connectivity index (χ4v) is 5.02. The van der Waals surface area contributed by atoms with E-state index in [2.05, 4.69) is 5.32 Å². The molecule has 0 spiro atoms. The number of piperazine rings is 1. The second kappa shape index (κ2) is 11.4. The Morgan fingerprint density at radius 2 is 1.55 bits per heavy atom. The van der Waals surface area contributed by atoms with Crippen LogP contribution in [0.15, 0.2) is 72.8 Å². The Kier molecular flexibility index (Phi) is 7.75. The summed E-state index contributed by atoms with van der Waals surface area (Å²) in [5.41, 5.74) is 3.88. The van der Waals surface area contributed by atoms with Crippen LogP contribution in [0.25, 0.3) is 16.9 Å². The fraction of sp³-hybridized carbons (Fsp3) is 0.200. The topological polar surface area (TPSA) is 66.8 Å². The number of methoxy groups -OCH3 is 1. The van der Waals surface area contributed by atoms with Crippen LogP contribution < -0.4 is 10.1 Å². The zero-order valence-electron chi connectivity index (χ0n) is 22.0. The van der Waals surface area contributed by atoms with Gasteiger partial charge >= 0.3 is 6.03 Å². The fourth-order valence-electron chi connectivity index (χ4n) is 4.80. The lowest BCUT2D eigenvalue weighted by molar-refractivity contribution is 0.0671. The van der Waals surface area contributed by atoms with Crippen molar-refractivity contribution >= 4 is 29.2 Å². The highest BCUT2D eigenvalue weighted by Gasteiger charge is 2.28. The maximum Gasteiger partial charge on any atom is 0.321 e. The third kappa shape index (κ3) is 5.37. The monoisotopic (exact) mass is 564 g/mol. The Balaban J connectivity index is 1.37. The van der Waals surface area contributed by atoms with Gasteiger partial charge < -0.3 is 24.4 Å². The Morgan fingerprint density at radius 3 is 2.20 bits per heavy atom. The number of urea groups is 1. The number of hydrogen-bond acceptors (Lipinski definition) is 3.